The molecule has 0 bridgehead atoms. The zero-order valence-corrected chi connectivity index (χ0v) is 16.7. The highest BCUT2D eigenvalue weighted by Gasteiger charge is 2.21. The Kier molecular flexibility index (Phi) is 5.07. The van der Waals surface area contributed by atoms with Crippen molar-refractivity contribution < 1.29 is 4.79 Å². The van der Waals surface area contributed by atoms with E-state index in [1.165, 1.54) is 29.3 Å². The van der Waals surface area contributed by atoms with E-state index in [9.17, 15) is 4.79 Å². The Bertz CT molecular complexity index is 983. The summed E-state index contributed by atoms with van der Waals surface area (Å²) in [5.41, 5.74) is 1.78. The Balaban J connectivity index is 1.39. The second kappa shape index (κ2) is 7.66. The van der Waals surface area contributed by atoms with Crippen LogP contribution in [0.15, 0.2) is 23.5 Å². The van der Waals surface area contributed by atoms with Crippen molar-refractivity contribution in [1.82, 2.24) is 34.4 Å². The van der Waals surface area contributed by atoms with E-state index < -0.39 is 0 Å². The number of carbonyl (C=O) groups is 1. The van der Waals surface area contributed by atoms with E-state index in [0.29, 0.717) is 17.1 Å². The highest BCUT2D eigenvalue weighted by Crippen LogP contribution is 2.31. The summed E-state index contributed by atoms with van der Waals surface area (Å²) in [6, 6.07) is 4.13. The molecular weight excluding hydrogens is 378 g/mol. The molecule has 0 spiro atoms. The van der Waals surface area contributed by atoms with Gasteiger partial charge in [0.25, 0.3) is 5.95 Å². The number of aryl methyl sites for hydroxylation is 2. The number of nitrogen functional groups attached to an aromatic ring is 1. The first-order valence-electron chi connectivity index (χ1n) is 9.23. The van der Waals surface area contributed by atoms with E-state index in [0.717, 1.165) is 30.0 Å². The molecule has 0 radical (unpaired) electrons. The maximum absolute atomic E-state index is 12.4. The number of nitrogens with zero attached hydrogens (tertiary/aromatic N) is 7. The van der Waals surface area contributed by atoms with Crippen LogP contribution in [0.2, 0.25) is 0 Å². The monoisotopic (exact) mass is 401 g/mol. The van der Waals surface area contributed by atoms with Crippen molar-refractivity contribution in [2.45, 2.75) is 50.7 Å². The summed E-state index contributed by atoms with van der Waals surface area (Å²) in [5.74, 6) is 7.28. The molecule has 11 heteroatoms. The van der Waals surface area contributed by atoms with Crippen molar-refractivity contribution in [2.24, 2.45) is 0 Å². The van der Waals surface area contributed by atoms with Gasteiger partial charge in [-0.15, -0.1) is 10.2 Å². The molecule has 0 saturated heterocycles. The quantitative estimate of drug-likeness (QED) is 0.477. The number of rotatable bonds is 6. The molecule has 3 aromatic rings. The van der Waals surface area contributed by atoms with Gasteiger partial charge in [-0.3, -0.25) is 4.79 Å². The highest BCUT2D eigenvalue weighted by atomic mass is 32.2. The molecule has 28 heavy (non-hydrogen) atoms. The summed E-state index contributed by atoms with van der Waals surface area (Å²) in [4.78, 5) is 12.4. The molecule has 0 unspecified atom stereocenters. The number of nitrogens with one attached hydrogen (secondary N) is 1. The first-order chi connectivity index (χ1) is 13.5. The Morgan fingerprint density at radius 1 is 1.32 bits per heavy atom. The predicted octanol–water partition coefficient (Wildman–Crippen LogP) is 1.84. The van der Waals surface area contributed by atoms with Gasteiger partial charge in [0.1, 0.15) is 5.82 Å². The Morgan fingerprint density at radius 2 is 2.11 bits per heavy atom. The van der Waals surface area contributed by atoms with Gasteiger partial charge >= 0.3 is 0 Å². The second-order valence-electron chi connectivity index (χ2n) is 6.93. The lowest BCUT2D eigenvalue weighted by Crippen LogP contribution is -2.20. The SMILES string of the molecule is Cc1cc(C)n(-c2nnc(SCC(=O)Nc3ccnn3C3CCCC3)n2N)n1. The molecular formula is C17H23N9OS. The van der Waals surface area contributed by atoms with Crippen molar-refractivity contribution in [3.8, 4) is 5.95 Å². The first-order valence-corrected chi connectivity index (χ1v) is 10.2. The van der Waals surface area contributed by atoms with Gasteiger partial charge in [-0.1, -0.05) is 24.6 Å². The Morgan fingerprint density at radius 3 is 2.82 bits per heavy atom. The van der Waals surface area contributed by atoms with Crippen LogP contribution in [-0.4, -0.2) is 46.1 Å². The lowest BCUT2D eigenvalue weighted by atomic mass is 10.2. The smallest absolute Gasteiger partial charge is 0.271 e. The van der Waals surface area contributed by atoms with Crippen LogP contribution in [0.3, 0.4) is 0 Å². The number of hydrogen-bond donors (Lipinski definition) is 2. The molecule has 1 aliphatic rings. The summed E-state index contributed by atoms with van der Waals surface area (Å²) in [6.45, 7) is 3.82. The van der Waals surface area contributed by atoms with Gasteiger partial charge in [0.2, 0.25) is 11.1 Å². The van der Waals surface area contributed by atoms with Crippen molar-refractivity contribution in [1.29, 1.82) is 0 Å². The lowest BCUT2D eigenvalue weighted by molar-refractivity contribution is -0.113. The predicted molar refractivity (Wildman–Crippen MR) is 106 cm³/mol. The molecule has 0 aromatic carbocycles. The summed E-state index contributed by atoms with van der Waals surface area (Å²) >= 11 is 1.22. The summed E-state index contributed by atoms with van der Waals surface area (Å²) in [7, 11) is 0. The minimum atomic E-state index is -0.139. The number of carbonyl (C=O) groups excluding carboxylic acids is 1. The van der Waals surface area contributed by atoms with Crippen molar-refractivity contribution in [3.63, 3.8) is 0 Å². The molecule has 0 atom stereocenters. The third-order valence-electron chi connectivity index (χ3n) is 4.79. The molecule has 1 aliphatic carbocycles. The molecule has 10 nitrogen and oxygen atoms in total. The second-order valence-corrected chi connectivity index (χ2v) is 7.87. The van der Waals surface area contributed by atoms with Crippen LogP contribution in [0.5, 0.6) is 0 Å². The maximum Gasteiger partial charge on any atom is 0.271 e. The van der Waals surface area contributed by atoms with E-state index in [2.05, 4.69) is 25.7 Å². The molecule has 1 saturated carbocycles. The molecule has 3 N–H and O–H groups in total. The van der Waals surface area contributed by atoms with E-state index in [1.54, 1.807) is 10.9 Å². The summed E-state index contributed by atoms with van der Waals surface area (Å²) in [5, 5.41) is 20.3. The zero-order valence-electron chi connectivity index (χ0n) is 15.9. The Hall–Kier alpha value is -2.82. The van der Waals surface area contributed by atoms with Gasteiger partial charge in [-0.2, -0.15) is 10.2 Å². The number of amides is 1. The third kappa shape index (κ3) is 3.61. The van der Waals surface area contributed by atoms with E-state index in [-0.39, 0.29) is 11.7 Å². The minimum Gasteiger partial charge on any atom is -0.334 e. The van der Waals surface area contributed by atoms with Gasteiger partial charge in [0, 0.05) is 11.8 Å². The van der Waals surface area contributed by atoms with Crippen LogP contribution in [0.25, 0.3) is 5.95 Å². The molecule has 0 aliphatic heterocycles. The summed E-state index contributed by atoms with van der Waals surface area (Å²) in [6.07, 6.45) is 6.34. The van der Waals surface area contributed by atoms with E-state index in [1.807, 2.05) is 30.7 Å². The molecule has 1 fully saturated rings. The standard InChI is InChI=1S/C17H23N9OS/c1-11-9-12(2)25(23-11)16-21-22-17(24(16)18)28-10-15(27)20-14-7-8-19-26(14)13-5-3-4-6-13/h7-9,13H,3-6,10,18H2,1-2H3,(H,20,27). The fourth-order valence-corrected chi connectivity index (χ4v) is 4.16. The van der Waals surface area contributed by atoms with E-state index >= 15 is 0 Å². The number of nitrogens with two attached hydrogens (primary N) is 1. The van der Waals surface area contributed by atoms with Crippen LogP contribution in [0.4, 0.5) is 5.82 Å². The normalized spacial score (nSPS) is 14.6. The molecule has 148 valence electrons. The van der Waals surface area contributed by atoms with Gasteiger partial charge in [-0.05, 0) is 32.8 Å². The molecule has 3 aromatic heterocycles. The number of anilines is 1. The van der Waals surface area contributed by atoms with Crippen molar-refractivity contribution in [2.75, 3.05) is 16.9 Å². The van der Waals surface area contributed by atoms with Crippen molar-refractivity contribution >= 4 is 23.5 Å². The minimum absolute atomic E-state index is 0.139. The molecule has 3 heterocycles. The van der Waals surface area contributed by atoms with Crippen molar-refractivity contribution in [3.05, 3.63) is 29.7 Å². The number of aromatic nitrogens is 7. The van der Waals surface area contributed by atoms with Crippen LogP contribution in [0.1, 0.15) is 43.1 Å². The fourth-order valence-electron chi connectivity index (χ4n) is 3.51. The number of hydrogen-bond acceptors (Lipinski definition) is 7. The molecule has 4 rings (SSSR count). The summed E-state index contributed by atoms with van der Waals surface area (Å²) < 4.78 is 4.90. The van der Waals surface area contributed by atoms with Gasteiger partial charge in [0.15, 0.2) is 0 Å². The van der Waals surface area contributed by atoms with Crippen LogP contribution in [-0.2, 0) is 4.79 Å². The van der Waals surface area contributed by atoms with Gasteiger partial charge in [-0.25, -0.2) is 14.0 Å². The van der Waals surface area contributed by atoms with Gasteiger partial charge < -0.3 is 11.2 Å². The van der Waals surface area contributed by atoms with Crippen LogP contribution < -0.4 is 11.2 Å². The molecule has 1 amide bonds. The topological polar surface area (TPSA) is 121 Å². The lowest BCUT2D eigenvalue weighted by Gasteiger charge is -2.14. The Labute approximate surface area is 166 Å². The zero-order chi connectivity index (χ0) is 19.7. The average molecular weight is 402 g/mol. The average Bonchev–Trinajstić information content (AvgIpc) is 3.42. The van der Waals surface area contributed by atoms with E-state index in [4.69, 9.17) is 5.84 Å². The van der Waals surface area contributed by atoms with Crippen LogP contribution in [0, 0.1) is 13.8 Å². The first kappa shape index (κ1) is 18.5. The fraction of sp³-hybridized carbons (Fsp3) is 0.471. The largest absolute Gasteiger partial charge is 0.334 e. The third-order valence-corrected chi connectivity index (χ3v) is 5.73. The number of thioether (sulfide) groups is 1. The van der Waals surface area contributed by atoms with Gasteiger partial charge in [0.05, 0.1) is 23.7 Å². The highest BCUT2D eigenvalue weighted by molar-refractivity contribution is 7.99. The van der Waals surface area contributed by atoms with Crippen LogP contribution >= 0.6 is 11.8 Å². The maximum atomic E-state index is 12.4.